The Morgan fingerprint density at radius 1 is 0.826 bits per heavy atom. The maximum Gasteiger partial charge on any atom is 0.361 e. The van der Waals surface area contributed by atoms with Gasteiger partial charge in [-0.15, -0.1) is 0 Å². The maximum absolute atomic E-state index is 12.8. The van der Waals surface area contributed by atoms with Gasteiger partial charge in [-0.05, 0) is 37.1 Å². The van der Waals surface area contributed by atoms with Crippen molar-refractivity contribution in [3.8, 4) is 0 Å². The Balaban J connectivity index is 2.02. The quantitative estimate of drug-likeness (QED) is 0.642. The lowest BCUT2D eigenvalue weighted by Crippen LogP contribution is -2.11. The van der Waals surface area contributed by atoms with Gasteiger partial charge in [0.05, 0.1) is 31.7 Å². The fourth-order valence-corrected chi connectivity index (χ4v) is 3.85. The van der Waals surface area contributed by atoms with Gasteiger partial charge in [0.2, 0.25) is 0 Å². The summed E-state index contributed by atoms with van der Waals surface area (Å²) in [5, 5.41) is 0.571. The summed E-state index contributed by atoms with van der Waals surface area (Å²) in [6.45, 7) is 5.27. The molecular weight excluding hydrogens is 311 g/mol. The second-order valence-electron chi connectivity index (χ2n) is 4.98. The fraction of sp³-hybridized carbons (Fsp3) is 0.333. The fourth-order valence-electron chi connectivity index (χ4n) is 2.20. The summed E-state index contributed by atoms with van der Waals surface area (Å²) in [6, 6.07) is 17.4. The minimum absolute atomic E-state index is 0.339. The smallest absolute Gasteiger partial charge is 0.361 e. The second-order valence-corrected chi connectivity index (χ2v) is 7.01. The van der Waals surface area contributed by atoms with Crippen molar-refractivity contribution in [1.82, 2.24) is 0 Å². The third-order valence-electron chi connectivity index (χ3n) is 3.21. The predicted octanol–water partition coefficient (Wildman–Crippen LogP) is 4.29. The van der Waals surface area contributed by atoms with Crippen molar-refractivity contribution in [2.24, 2.45) is 0 Å². The first-order chi connectivity index (χ1) is 11.2. The molecule has 0 unspecified atom stereocenters. The van der Waals surface area contributed by atoms with Crippen molar-refractivity contribution < 1.29 is 18.3 Å². The third kappa shape index (κ3) is 5.29. The summed E-state index contributed by atoms with van der Waals surface area (Å²) in [6.07, 6.45) is 0. The Morgan fingerprint density at radius 3 is 2.09 bits per heavy atom. The van der Waals surface area contributed by atoms with Crippen molar-refractivity contribution in [3.05, 3.63) is 65.7 Å². The monoisotopic (exact) mass is 334 g/mol. The highest BCUT2D eigenvalue weighted by Crippen LogP contribution is 2.46. The first kappa shape index (κ1) is 17.9. The average Bonchev–Trinajstić information content (AvgIpc) is 2.57. The topological polar surface area (TPSA) is 44.8 Å². The van der Waals surface area contributed by atoms with Crippen LogP contribution in [0.15, 0.2) is 54.6 Å². The van der Waals surface area contributed by atoms with E-state index >= 15 is 0 Å². The molecule has 0 spiro atoms. The summed E-state index contributed by atoms with van der Waals surface area (Å²) in [5.74, 6) is 0. The van der Waals surface area contributed by atoms with Gasteiger partial charge in [-0.1, -0.05) is 42.5 Å². The Morgan fingerprint density at radius 2 is 1.43 bits per heavy atom. The van der Waals surface area contributed by atoms with Crippen LogP contribution in [0.5, 0.6) is 0 Å². The van der Waals surface area contributed by atoms with E-state index in [-0.39, 0.29) is 0 Å². The van der Waals surface area contributed by atoms with Crippen LogP contribution in [0.25, 0.3) is 0 Å². The lowest BCUT2D eigenvalue weighted by molar-refractivity contribution is 0.107. The van der Waals surface area contributed by atoms with Crippen LogP contribution >= 0.6 is 7.60 Å². The van der Waals surface area contributed by atoms with Gasteiger partial charge in [0.15, 0.2) is 0 Å². The summed E-state index contributed by atoms with van der Waals surface area (Å²) in [4.78, 5) is 0. The Bertz CT molecular complexity index is 632. The lowest BCUT2D eigenvalue weighted by Gasteiger charge is -2.17. The molecule has 0 aliphatic rings. The molecule has 0 aliphatic heterocycles. The largest absolute Gasteiger partial charge is 0.372 e. The standard InChI is InChI=1S/C18H23O4P/c1-3-21-23(19,22-4-2)18-12-8-11-17(13-18)15-20-14-16-9-6-5-7-10-16/h5-13H,3-4,14-15H2,1-2H3. The minimum atomic E-state index is -3.24. The first-order valence-electron chi connectivity index (χ1n) is 7.78. The molecule has 0 N–H and O–H groups in total. The third-order valence-corrected chi connectivity index (χ3v) is 5.31. The van der Waals surface area contributed by atoms with Crippen LogP contribution in [-0.4, -0.2) is 13.2 Å². The van der Waals surface area contributed by atoms with Crippen molar-refractivity contribution in [3.63, 3.8) is 0 Å². The summed E-state index contributed by atoms with van der Waals surface area (Å²) < 4.78 is 29.3. The molecule has 2 aromatic carbocycles. The van der Waals surface area contributed by atoms with Crippen LogP contribution in [-0.2, 0) is 31.6 Å². The highest BCUT2D eigenvalue weighted by molar-refractivity contribution is 7.62. The number of benzene rings is 2. The van der Waals surface area contributed by atoms with Gasteiger partial charge < -0.3 is 13.8 Å². The van der Waals surface area contributed by atoms with E-state index in [9.17, 15) is 4.57 Å². The van der Waals surface area contributed by atoms with Gasteiger partial charge in [-0.25, -0.2) is 0 Å². The van der Waals surface area contributed by atoms with Gasteiger partial charge in [0.25, 0.3) is 0 Å². The molecule has 0 saturated heterocycles. The van der Waals surface area contributed by atoms with E-state index in [0.29, 0.717) is 31.7 Å². The molecule has 0 amide bonds. The molecular formula is C18H23O4P. The molecule has 0 heterocycles. The molecule has 5 heteroatoms. The molecule has 0 aliphatic carbocycles. The van der Waals surface area contributed by atoms with Gasteiger partial charge in [-0.3, -0.25) is 4.57 Å². The highest BCUT2D eigenvalue weighted by atomic mass is 31.2. The van der Waals surface area contributed by atoms with Crippen LogP contribution in [0.1, 0.15) is 25.0 Å². The van der Waals surface area contributed by atoms with Crippen LogP contribution in [0, 0.1) is 0 Å². The average molecular weight is 334 g/mol. The van der Waals surface area contributed by atoms with Crippen molar-refractivity contribution in [2.75, 3.05) is 13.2 Å². The molecule has 4 nitrogen and oxygen atoms in total. The van der Waals surface area contributed by atoms with Crippen LogP contribution in [0.3, 0.4) is 0 Å². The van der Waals surface area contributed by atoms with E-state index in [1.54, 1.807) is 19.9 Å². The molecule has 0 aromatic heterocycles. The zero-order chi connectivity index (χ0) is 16.5. The van der Waals surface area contributed by atoms with Crippen LogP contribution in [0.2, 0.25) is 0 Å². The SMILES string of the molecule is CCOP(=O)(OCC)c1cccc(COCc2ccccc2)c1. The Labute approximate surface area is 137 Å². The molecule has 23 heavy (non-hydrogen) atoms. The normalized spacial score (nSPS) is 11.6. The Kier molecular flexibility index (Phi) is 7.00. The summed E-state index contributed by atoms with van der Waals surface area (Å²) in [5.41, 5.74) is 2.07. The van der Waals surface area contributed by atoms with E-state index < -0.39 is 7.60 Å². The van der Waals surface area contributed by atoms with Crippen molar-refractivity contribution in [1.29, 1.82) is 0 Å². The number of hydrogen-bond donors (Lipinski definition) is 0. The van der Waals surface area contributed by atoms with Crippen molar-refractivity contribution in [2.45, 2.75) is 27.1 Å². The molecule has 0 radical (unpaired) electrons. The summed E-state index contributed by atoms with van der Waals surface area (Å²) >= 11 is 0. The zero-order valence-corrected chi connectivity index (χ0v) is 14.5. The summed E-state index contributed by atoms with van der Waals surface area (Å²) in [7, 11) is -3.24. The number of ether oxygens (including phenoxy) is 1. The zero-order valence-electron chi connectivity index (χ0n) is 13.6. The molecule has 2 rings (SSSR count). The van der Waals surface area contributed by atoms with Crippen LogP contribution < -0.4 is 5.30 Å². The lowest BCUT2D eigenvalue weighted by atomic mass is 10.2. The molecule has 0 atom stereocenters. The van der Waals surface area contributed by atoms with Crippen LogP contribution in [0.4, 0.5) is 0 Å². The van der Waals surface area contributed by atoms with E-state index in [0.717, 1.165) is 11.1 Å². The molecule has 0 bridgehead atoms. The van der Waals surface area contributed by atoms with Gasteiger partial charge in [0, 0.05) is 0 Å². The van der Waals surface area contributed by atoms with E-state index in [2.05, 4.69) is 0 Å². The molecule has 124 valence electrons. The molecule has 0 saturated carbocycles. The number of rotatable bonds is 9. The molecule has 0 fully saturated rings. The van der Waals surface area contributed by atoms with Crippen molar-refractivity contribution >= 4 is 12.9 Å². The highest BCUT2D eigenvalue weighted by Gasteiger charge is 2.26. The Hall–Kier alpha value is -1.45. The second kappa shape index (κ2) is 8.99. The molecule has 2 aromatic rings. The maximum atomic E-state index is 12.8. The van der Waals surface area contributed by atoms with Gasteiger partial charge >= 0.3 is 7.60 Å². The van der Waals surface area contributed by atoms with E-state index in [4.69, 9.17) is 13.8 Å². The minimum Gasteiger partial charge on any atom is -0.372 e. The number of hydrogen-bond acceptors (Lipinski definition) is 4. The van der Waals surface area contributed by atoms with E-state index in [1.165, 1.54) is 0 Å². The van der Waals surface area contributed by atoms with Gasteiger partial charge in [-0.2, -0.15) is 0 Å². The first-order valence-corrected chi connectivity index (χ1v) is 9.32. The van der Waals surface area contributed by atoms with E-state index in [1.807, 2.05) is 48.5 Å². The van der Waals surface area contributed by atoms with Gasteiger partial charge in [0.1, 0.15) is 0 Å². The predicted molar refractivity (Wildman–Crippen MR) is 91.9 cm³/mol.